The van der Waals surface area contributed by atoms with Gasteiger partial charge in [-0.15, -0.1) is 0 Å². The molecule has 1 aromatic rings. The molecule has 2 N–H and O–H groups in total. The Kier molecular flexibility index (Phi) is 3.78. The van der Waals surface area contributed by atoms with E-state index < -0.39 is 0 Å². The summed E-state index contributed by atoms with van der Waals surface area (Å²) in [5.41, 5.74) is 1.10. The fourth-order valence-corrected chi connectivity index (χ4v) is 2.51. The largest absolute Gasteiger partial charge is 0.508 e. The Morgan fingerprint density at radius 2 is 1.80 bits per heavy atom. The van der Waals surface area contributed by atoms with Gasteiger partial charge >= 0.3 is 0 Å². The number of phenolic OH excluding ortho intramolecular Hbond substituents is 1. The second-order valence-electron chi connectivity index (χ2n) is 5.54. The van der Waals surface area contributed by atoms with E-state index in [-0.39, 0.29) is 11.7 Å². The standard InChI is InChI=1S/C15H21N3O2/c19-14-5-3-13(4-6-14)17-7-9-18(10-8-17)15(20)11-16-12-1-2-12/h3-6,12,16,19H,1-2,7-11H2. The maximum absolute atomic E-state index is 12.0. The van der Waals surface area contributed by atoms with E-state index in [2.05, 4.69) is 10.2 Å². The molecule has 2 fully saturated rings. The molecule has 3 rings (SSSR count). The summed E-state index contributed by atoms with van der Waals surface area (Å²) in [6, 6.07) is 7.82. The number of aromatic hydroxyl groups is 1. The van der Waals surface area contributed by atoms with Crippen molar-refractivity contribution in [2.24, 2.45) is 0 Å². The molecule has 0 radical (unpaired) electrons. The number of hydrogen-bond acceptors (Lipinski definition) is 4. The van der Waals surface area contributed by atoms with E-state index in [0.29, 0.717) is 12.6 Å². The van der Waals surface area contributed by atoms with Gasteiger partial charge < -0.3 is 20.2 Å². The van der Waals surface area contributed by atoms with Gasteiger partial charge in [-0.25, -0.2) is 0 Å². The van der Waals surface area contributed by atoms with Crippen molar-refractivity contribution < 1.29 is 9.90 Å². The van der Waals surface area contributed by atoms with Crippen molar-refractivity contribution in [1.29, 1.82) is 0 Å². The maximum Gasteiger partial charge on any atom is 0.236 e. The lowest BCUT2D eigenvalue weighted by atomic mass is 10.2. The number of rotatable bonds is 4. The summed E-state index contributed by atoms with van der Waals surface area (Å²) in [4.78, 5) is 16.2. The van der Waals surface area contributed by atoms with Gasteiger partial charge in [0.25, 0.3) is 0 Å². The van der Waals surface area contributed by atoms with Gasteiger partial charge in [0.2, 0.25) is 5.91 Å². The quantitative estimate of drug-likeness (QED) is 0.853. The Balaban J connectivity index is 1.48. The number of nitrogens with zero attached hydrogens (tertiary/aromatic N) is 2. The molecule has 0 spiro atoms. The molecular weight excluding hydrogens is 254 g/mol. The maximum atomic E-state index is 12.0. The Morgan fingerprint density at radius 3 is 2.40 bits per heavy atom. The van der Waals surface area contributed by atoms with Crippen molar-refractivity contribution in [3.05, 3.63) is 24.3 Å². The van der Waals surface area contributed by atoms with Crippen molar-refractivity contribution in [2.75, 3.05) is 37.6 Å². The lowest BCUT2D eigenvalue weighted by molar-refractivity contribution is -0.130. The SMILES string of the molecule is O=C(CNC1CC1)N1CCN(c2ccc(O)cc2)CC1. The van der Waals surface area contributed by atoms with Crippen LogP contribution >= 0.6 is 0 Å². The number of amides is 1. The highest BCUT2D eigenvalue weighted by Gasteiger charge is 2.24. The summed E-state index contributed by atoms with van der Waals surface area (Å²) in [6.07, 6.45) is 2.42. The monoisotopic (exact) mass is 275 g/mol. The average molecular weight is 275 g/mol. The van der Waals surface area contributed by atoms with E-state index in [4.69, 9.17) is 0 Å². The summed E-state index contributed by atoms with van der Waals surface area (Å²) < 4.78 is 0. The van der Waals surface area contributed by atoms with E-state index in [1.165, 1.54) is 12.8 Å². The van der Waals surface area contributed by atoms with Gasteiger partial charge in [-0.05, 0) is 37.1 Å². The van der Waals surface area contributed by atoms with Crippen LogP contribution < -0.4 is 10.2 Å². The third-order valence-electron chi connectivity index (χ3n) is 3.97. The number of hydrogen-bond donors (Lipinski definition) is 2. The summed E-state index contributed by atoms with van der Waals surface area (Å²) in [7, 11) is 0. The highest BCUT2D eigenvalue weighted by molar-refractivity contribution is 5.78. The van der Waals surface area contributed by atoms with E-state index in [9.17, 15) is 9.90 Å². The minimum atomic E-state index is 0.210. The topological polar surface area (TPSA) is 55.8 Å². The molecule has 1 aromatic carbocycles. The molecule has 20 heavy (non-hydrogen) atoms. The summed E-state index contributed by atoms with van der Waals surface area (Å²) in [5, 5.41) is 12.6. The van der Waals surface area contributed by atoms with Gasteiger partial charge in [0.05, 0.1) is 6.54 Å². The zero-order chi connectivity index (χ0) is 13.9. The van der Waals surface area contributed by atoms with Gasteiger partial charge in [-0.2, -0.15) is 0 Å². The van der Waals surface area contributed by atoms with E-state index in [1.807, 2.05) is 17.0 Å². The normalized spacial score (nSPS) is 19.2. The number of benzene rings is 1. The number of nitrogens with one attached hydrogen (secondary N) is 1. The van der Waals surface area contributed by atoms with Gasteiger partial charge in [0.15, 0.2) is 0 Å². The van der Waals surface area contributed by atoms with Crippen molar-refractivity contribution in [3.8, 4) is 5.75 Å². The first-order valence-corrected chi connectivity index (χ1v) is 7.27. The molecule has 5 heteroatoms. The molecule has 0 unspecified atom stereocenters. The first-order valence-electron chi connectivity index (χ1n) is 7.27. The summed E-state index contributed by atoms with van der Waals surface area (Å²) in [5.74, 6) is 0.496. The van der Waals surface area contributed by atoms with Crippen LogP contribution in [0.2, 0.25) is 0 Å². The summed E-state index contributed by atoms with van der Waals surface area (Å²) >= 11 is 0. The predicted molar refractivity (Wildman–Crippen MR) is 77.9 cm³/mol. The van der Waals surface area contributed by atoms with E-state index in [1.54, 1.807) is 12.1 Å². The Hall–Kier alpha value is -1.75. The van der Waals surface area contributed by atoms with Crippen LogP contribution in [0, 0.1) is 0 Å². The lowest BCUT2D eigenvalue weighted by Gasteiger charge is -2.36. The van der Waals surface area contributed by atoms with Crippen LogP contribution in [0.4, 0.5) is 5.69 Å². The third-order valence-corrected chi connectivity index (χ3v) is 3.97. The Bertz CT molecular complexity index is 463. The van der Waals surface area contributed by atoms with E-state index in [0.717, 1.165) is 31.9 Å². The zero-order valence-corrected chi connectivity index (χ0v) is 11.6. The molecular formula is C15H21N3O2. The number of carbonyl (C=O) groups excluding carboxylic acids is 1. The number of anilines is 1. The molecule has 1 saturated carbocycles. The van der Waals surface area contributed by atoms with Crippen molar-refractivity contribution >= 4 is 11.6 Å². The molecule has 0 bridgehead atoms. The average Bonchev–Trinajstić information content (AvgIpc) is 3.30. The van der Waals surface area contributed by atoms with Crippen LogP contribution in [-0.2, 0) is 4.79 Å². The molecule has 1 saturated heterocycles. The van der Waals surface area contributed by atoms with Gasteiger partial charge in [0, 0.05) is 37.9 Å². The molecule has 1 heterocycles. The van der Waals surface area contributed by atoms with Crippen molar-refractivity contribution in [2.45, 2.75) is 18.9 Å². The first-order chi connectivity index (χ1) is 9.72. The molecule has 108 valence electrons. The van der Waals surface area contributed by atoms with Gasteiger partial charge in [-0.3, -0.25) is 4.79 Å². The van der Waals surface area contributed by atoms with Gasteiger partial charge in [0.1, 0.15) is 5.75 Å². The first kappa shape index (κ1) is 13.2. The van der Waals surface area contributed by atoms with Crippen molar-refractivity contribution in [1.82, 2.24) is 10.2 Å². The minimum absolute atomic E-state index is 0.210. The molecule has 1 amide bonds. The van der Waals surface area contributed by atoms with Crippen LogP contribution in [0.25, 0.3) is 0 Å². The third kappa shape index (κ3) is 3.22. The molecule has 1 aliphatic heterocycles. The fraction of sp³-hybridized carbons (Fsp3) is 0.533. The number of piperazine rings is 1. The predicted octanol–water partition coefficient (Wildman–Crippen LogP) is 0.793. The second kappa shape index (κ2) is 5.71. The van der Waals surface area contributed by atoms with E-state index >= 15 is 0 Å². The molecule has 0 atom stereocenters. The molecule has 5 nitrogen and oxygen atoms in total. The minimum Gasteiger partial charge on any atom is -0.508 e. The number of phenols is 1. The Morgan fingerprint density at radius 1 is 1.15 bits per heavy atom. The van der Waals surface area contributed by atoms with Crippen LogP contribution in [-0.4, -0.2) is 54.7 Å². The smallest absolute Gasteiger partial charge is 0.236 e. The lowest BCUT2D eigenvalue weighted by Crippen LogP contribution is -2.51. The Labute approximate surface area is 119 Å². The zero-order valence-electron chi connectivity index (χ0n) is 11.6. The molecule has 1 aliphatic carbocycles. The highest BCUT2D eigenvalue weighted by Crippen LogP contribution is 2.20. The highest BCUT2D eigenvalue weighted by atomic mass is 16.3. The summed E-state index contributed by atoms with van der Waals surface area (Å²) in [6.45, 7) is 3.71. The van der Waals surface area contributed by atoms with Crippen LogP contribution in [0.1, 0.15) is 12.8 Å². The molecule has 2 aliphatic rings. The molecule has 0 aromatic heterocycles. The van der Waals surface area contributed by atoms with Crippen LogP contribution in [0.5, 0.6) is 5.75 Å². The van der Waals surface area contributed by atoms with Crippen molar-refractivity contribution in [3.63, 3.8) is 0 Å². The number of carbonyl (C=O) groups is 1. The van der Waals surface area contributed by atoms with Gasteiger partial charge in [-0.1, -0.05) is 0 Å². The van der Waals surface area contributed by atoms with Crippen LogP contribution in [0.15, 0.2) is 24.3 Å². The van der Waals surface area contributed by atoms with Crippen LogP contribution in [0.3, 0.4) is 0 Å². The second-order valence-corrected chi connectivity index (χ2v) is 5.54. The fourth-order valence-electron chi connectivity index (χ4n) is 2.51.